The highest BCUT2D eigenvalue weighted by Crippen LogP contribution is 2.16. The number of hydrogen-bond donors (Lipinski definition) is 1. The molecule has 0 aromatic carbocycles. The van der Waals surface area contributed by atoms with Gasteiger partial charge in [0.15, 0.2) is 0 Å². The third-order valence-corrected chi connectivity index (χ3v) is 1.98. The van der Waals surface area contributed by atoms with Gasteiger partial charge < -0.3 is 10.5 Å². The summed E-state index contributed by atoms with van der Waals surface area (Å²) in [6, 6.07) is 3.40. The first-order chi connectivity index (χ1) is 7.83. The monoisotopic (exact) mass is 237 g/mol. The summed E-state index contributed by atoms with van der Waals surface area (Å²) in [5.74, 6) is 0.538. The molecule has 0 radical (unpaired) electrons. The number of aromatic nitrogens is 1. The van der Waals surface area contributed by atoms with Crippen LogP contribution >= 0.6 is 0 Å². The maximum Gasteiger partial charge on any atom is 0.415 e. The fourth-order valence-electron chi connectivity index (χ4n) is 1.26. The Kier molecular flexibility index (Phi) is 3.93. The molecule has 0 saturated carbocycles. The second kappa shape index (κ2) is 5.03. The van der Waals surface area contributed by atoms with Crippen molar-refractivity contribution in [3.8, 4) is 0 Å². The number of ether oxygens (including phenoxy) is 1. The van der Waals surface area contributed by atoms with Gasteiger partial charge >= 0.3 is 6.09 Å². The first-order valence-electron chi connectivity index (χ1n) is 5.55. The highest BCUT2D eigenvalue weighted by Gasteiger charge is 2.22. The number of nitrogens with zero attached hydrogens (tertiary/aromatic N) is 2. The quantitative estimate of drug-likeness (QED) is 0.857. The van der Waals surface area contributed by atoms with E-state index in [1.165, 1.54) is 11.1 Å². The zero-order valence-corrected chi connectivity index (χ0v) is 10.7. The van der Waals surface area contributed by atoms with E-state index in [2.05, 4.69) is 4.98 Å². The largest absolute Gasteiger partial charge is 0.443 e. The minimum Gasteiger partial charge on any atom is -0.443 e. The molecule has 1 amide bonds. The van der Waals surface area contributed by atoms with Gasteiger partial charge in [0.05, 0.1) is 11.9 Å². The molecule has 1 heterocycles. The summed E-state index contributed by atoms with van der Waals surface area (Å²) in [5.41, 5.74) is 5.60. The molecule has 0 aliphatic carbocycles. The maximum atomic E-state index is 11.9. The fraction of sp³-hybridized carbons (Fsp3) is 0.500. The molecule has 1 rings (SSSR count). The molecule has 0 aliphatic heterocycles. The summed E-state index contributed by atoms with van der Waals surface area (Å²) in [5, 5.41) is 0. The van der Waals surface area contributed by atoms with Gasteiger partial charge in [0, 0.05) is 6.54 Å². The predicted octanol–water partition coefficient (Wildman–Crippen LogP) is 2.43. The summed E-state index contributed by atoms with van der Waals surface area (Å²) < 4.78 is 5.29. The van der Waals surface area contributed by atoms with Gasteiger partial charge in [-0.25, -0.2) is 9.78 Å². The van der Waals surface area contributed by atoms with E-state index in [1.807, 2.05) is 27.7 Å². The average Bonchev–Trinajstić information content (AvgIpc) is 2.19. The molecule has 0 spiro atoms. The van der Waals surface area contributed by atoms with Gasteiger partial charge in [-0.3, -0.25) is 4.90 Å². The molecule has 17 heavy (non-hydrogen) atoms. The number of carbonyl (C=O) groups excluding carboxylic acids is 1. The van der Waals surface area contributed by atoms with Crippen LogP contribution in [0.2, 0.25) is 0 Å². The molecule has 1 aromatic rings. The SMILES string of the molecule is CCN(C(=O)OC(C)(C)C)c1ccc(N)cn1. The number of nitrogens with two attached hydrogens (primary N) is 1. The number of hydrogen-bond acceptors (Lipinski definition) is 4. The van der Waals surface area contributed by atoms with Crippen molar-refractivity contribution in [2.45, 2.75) is 33.3 Å². The number of carbonyl (C=O) groups is 1. The zero-order chi connectivity index (χ0) is 13.1. The number of nitrogen functional groups attached to an aromatic ring is 1. The molecule has 1 aromatic heterocycles. The molecule has 0 atom stereocenters. The van der Waals surface area contributed by atoms with Gasteiger partial charge in [-0.1, -0.05) is 0 Å². The van der Waals surface area contributed by atoms with E-state index in [1.54, 1.807) is 12.1 Å². The van der Waals surface area contributed by atoms with Crippen LogP contribution in [-0.2, 0) is 4.74 Å². The van der Waals surface area contributed by atoms with Crippen molar-refractivity contribution >= 4 is 17.6 Å². The summed E-state index contributed by atoms with van der Waals surface area (Å²) in [6.45, 7) is 7.84. The molecular weight excluding hydrogens is 218 g/mol. The lowest BCUT2D eigenvalue weighted by molar-refractivity contribution is 0.0581. The highest BCUT2D eigenvalue weighted by atomic mass is 16.6. The van der Waals surface area contributed by atoms with Gasteiger partial charge in [0.25, 0.3) is 0 Å². The minimum absolute atomic E-state index is 0.405. The first kappa shape index (κ1) is 13.3. The van der Waals surface area contributed by atoms with Gasteiger partial charge in [-0.05, 0) is 39.8 Å². The van der Waals surface area contributed by atoms with E-state index in [0.29, 0.717) is 18.1 Å². The Balaban J connectivity index is 2.84. The van der Waals surface area contributed by atoms with Crippen LogP contribution in [0.15, 0.2) is 18.3 Å². The lowest BCUT2D eigenvalue weighted by Gasteiger charge is -2.25. The molecule has 0 aliphatic rings. The van der Waals surface area contributed by atoms with Crippen molar-refractivity contribution in [1.82, 2.24) is 4.98 Å². The molecule has 0 fully saturated rings. The van der Waals surface area contributed by atoms with Crippen LogP contribution in [0.4, 0.5) is 16.3 Å². The van der Waals surface area contributed by atoms with Gasteiger partial charge in [0.1, 0.15) is 11.4 Å². The maximum absolute atomic E-state index is 11.9. The van der Waals surface area contributed by atoms with Crippen LogP contribution < -0.4 is 10.6 Å². The van der Waals surface area contributed by atoms with Crippen LogP contribution in [-0.4, -0.2) is 23.2 Å². The Labute approximate surface area is 102 Å². The van der Waals surface area contributed by atoms with Crippen molar-refractivity contribution < 1.29 is 9.53 Å². The molecular formula is C12H19N3O2. The highest BCUT2D eigenvalue weighted by molar-refractivity contribution is 5.86. The van der Waals surface area contributed by atoms with E-state index in [4.69, 9.17) is 10.5 Å². The van der Waals surface area contributed by atoms with Gasteiger partial charge in [-0.15, -0.1) is 0 Å². The van der Waals surface area contributed by atoms with E-state index >= 15 is 0 Å². The van der Waals surface area contributed by atoms with Crippen molar-refractivity contribution in [2.24, 2.45) is 0 Å². The smallest absolute Gasteiger partial charge is 0.415 e. The van der Waals surface area contributed by atoms with Crippen LogP contribution in [0.25, 0.3) is 0 Å². The summed E-state index contributed by atoms with van der Waals surface area (Å²) >= 11 is 0. The van der Waals surface area contributed by atoms with Crippen molar-refractivity contribution in [3.05, 3.63) is 18.3 Å². The minimum atomic E-state index is -0.516. The fourth-order valence-corrected chi connectivity index (χ4v) is 1.26. The lowest BCUT2D eigenvalue weighted by atomic mass is 10.2. The second-order valence-electron chi connectivity index (χ2n) is 4.67. The molecule has 94 valence electrons. The van der Waals surface area contributed by atoms with E-state index in [9.17, 15) is 4.79 Å². The van der Waals surface area contributed by atoms with E-state index < -0.39 is 11.7 Å². The van der Waals surface area contributed by atoms with Gasteiger partial charge in [0.2, 0.25) is 0 Å². The van der Waals surface area contributed by atoms with Crippen molar-refractivity contribution in [3.63, 3.8) is 0 Å². The Morgan fingerprint density at radius 1 is 1.47 bits per heavy atom. The van der Waals surface area contributed by atoms with E-state index in [0.717, 1.165) is 0 Å². The van der Waals surface area contributed by atoms with Crippen LogP contribution in [0, 0.1) is 0 Å². The molecule has 0 saturated heterocycles. The topological polar surface area (TPSA) is 68.5 Å². The lowest BCUT2D eigenvalue weighted by Crippen LogP contribution is -2.37. The van der Waals surface area contributed by atoms with E-state index in [-0.39, 0.29) is 0 Å². The van der Waals surface area contributed by atoms with Crippen LogP contribution in [0.5, 0.6) is 0 Å². The number of amides is 1. The molecule has 5 heteroatoms. The Morgan fingerprint density at radius 3 is 2.53 bits per heavy atom. The second-order valence-corrected chi connectivity index (χ2v) is 4.67. The van der Waals surface area contributed by atoms with Crippen LogP contribution in [0.1, 0.15) is 27.7 Å². The zero-order valence-electron chi connectivity index (χ0n) is 10.7. The predicted molar refractivity (Wildman–Crippen MR) is 67.9 cm³/mol. The molecule has 5 nitrogen and oxygen atoms in total. The van der Waals surface area contributed by atoms with Gasteiger partial charge in [-0.2, -0.15) is 0 Å². The third kappa shape index (κ3) is 3.94. The molecule has 2 N–H and O–H groups in total. The Morgan fingerprint density at radius 2 is 2.12 bits per heavy atom. The first-order valence-corrected chi connectivity index (χ1v) is 5.55. The Hall–Kier alpha value is -1.78. The summed E-state index contributed by atoms with van der Waals surface area (Å²) in [6.07, 6.45) is 1.11. The number of anilines is 2. The average molecular weight is 237 g/mol. The number of rotatable bonds is 2. The standard InChI is InChI=1S/C12H19N3O2/c1-5-15(11(16)17-12(2,3)4)10-7-6-9(13)8-14-10/h6-8H,5,13H2,1-4H3. The van der Waals surface area contributed by atoms with Crippen molar-refractivity contribution in [2.75, 3.05) is 17.2 Å². The van der Waals surface area contributed by atoms with Crippen molar-refractivity contribution in [1.29, 1.82) is 0 Å². The Bertz CT molecular complexity index is 382. The normalized spacial score (nSPS) is 11.1. The van der Waals surface area contributed by atoms with Crippen LogP contribution in [0.3, 0.4) is 0 Å². The molecule has 0 bridgehead atoms. The molecule has 0 unspecified atom stereocenters. The number of pyridine rings is 1. The summed E-state index contributed by atoms with van der Waals surface area (Å²) in [4.78, 5) is 17.5. The summed E-state index contributed by atoms with van der Waals surface area (Å²) in [7, 11) is 0. The third-order valence-electron chi connectivity index (χ3n) is 1.98.